The van der Waals surface area contributed by atoms with E-state index in [1.165, 1.54) is 12.0 Å². The Morgan fingerprint density at radius 2 is 1.89 bits per heavy atom. The average molecular weight is 714 g/mol. The summed E-state index contributed by atoms with van der Waals surface area (Å²) >= 11 is 12.6. The third-order valence-corrected chi connectivity index (χ3v) is 7.72. The van der Waals surface area contributed by atoms with Crippen LogP contribution >= 0.6 is 61.9 Å². The van der Waals surface area contributed by atoms with Crippen molar-refractivity contribution in [3.8, 4) is 11.5 Å². The molecule has 3 aromatic carbocycles. The molecule has 1 N–H and O–H groups in total. The van der Waals surface area contributed by atoms with E-state index in [0.717, 1.165) is 20.9 Å². The largest absolute Gasteiger partial charge is 0.493 e. The fraction of sp³-hybridized carbons (Fsp3) is 0.115. The maximum Gasteiger partial charge on any atom is 0.293 e. The number of hydrogen-bond acceptors (Lipinski definition) is 6. The first kappa shape index (κ1) is 27.5. The van der Waals surface area contributed by atoms with Crippen molar-refractivity contribution in [2.75, 3.05) is 19.0 Å². The highest BCUT2D eigenvalue weighted by Gasteiger charge is 2.35. The molecular weight excluding hydrogens is 695 g/mol. The van der Waals surface area contributed by atoms with E-state index < -0.39 is 5.91 Å². The van der Waals surface area contributed by atoms with Gasteiger partial charge in [0.15, 0.2) is 18.1 Å². The lowest BCUT2D eigenvalue weighted by Crippen LogP contribution is -2.27. The van der Waals surface area contributed by atoms with Crippen LogP contribution in [0, 0.1) is 3.57 Å². The number of hydrogen-bond donors (Lipinski definition) is 1. The number of nitrogens with one attached hydrogen (secondary N) is 1. The van der Waals surface area contributed by atoms with Gasteiger partial charge >= 0.3 is 0 Å². The number of benzene rings is 3. The molecule has 1 aliphatic rings. The number of imide groups is 1. The summed E-state index contributed by atoms with van der Waals surface area (Å²) in [7, 11) is 1.47. The van der Waals surface area contributed by atoms with E-state index in [1.54, 1.807) is 42.5 Å². The predicted octanol–water partition coefficient (Wildman–Crippen LogP) is 6.97. The lowest BCUT2D eigenvalue weighted by atomic mass is 10.1. The molecule has 37 heavy (non-hydrogen) atoms. The Kier molecular flexibility index (Phi) is 9.17. The molecule has 1 saturated heterocycles. The fourth-order valence-corrected chi connectivity index (χ4v) is 5.36. The van der Waals surface area contributed by atoms with Gasteiger partial charge < -0.3 is 14.8 Å². The van der Waals surface area contributed by atoms with E-state index in [4.69, 9.17) is 21.1 Å². The summed E-state index contributed by atoms with van der Waals surface area (Å²) in [6.07, 6.45) is 1.63. The maximum atomic E-state index is 12.9. The summed E-state index contributed by atoms with van der Waals surface area (Å²) in [5, 5.41) is 2.78. The third kappa shape index (κ3) is 6.86. The second-order valence-electron chi connectivity index (χ2n) is 7.75. The molecule has 1 heterocycles. The first-order chi connectivity index (χ1) is 17.7. The van der Waals surface area contributed by atoms with E-state index >= 15 is 0 Å². The van der Waals surface area contributed by atoms with Crippen molar-refractivity contribution in [2.45, 2.75) is 6.54 Å². The predicted molar refractivity (Wildman–Crippen MR) is 157 cm³/mol. The number of methoxy groups -OCH3 is 1. The van der Waals surface area contributed by atoms with Gasteiger partial charge in [-0.1, -0.05) is 35.9 Å². The molecule has 0 unspecified atom stereocenters. The zero-order valence-electron chi connectivity index (χ0n) is 19.3. The summed E-state index contributed by atoms with van der Waals surface area (Å²) in [5.41, 5.74) is 1.97. The van der Waals surface area contributed by atoms with Gasteiger partial charge in [0.05, 0.1) is 33.7 Å². The van der Waals surface area contributed by atoms with E-state index in [1.807, 2.05) is 24.3 Å². The molecule has 3 amide bonds. The van der Waals surface area contributed by atoms with E-state index in [2.05, 4.69) is 43.8 Å². The van der Waals surface area contributed by atoms with Crippen molar-refractivity contribution in [3.05, 3.63) is 89.8 Å². The van der Waals surface area contributed by atoms with E-state index in [-0.39, 0.29) is 24.3 Å². The van der Waals surface area contributed by atoms with E-state index in [0.29, 0.717) is 37.2 Å². The highest BCUT2D eigenvalue weighted by Crippen LogP contribution is 2.39. The van der Waals surface area contributed by atoms with Gasteiger partial charge in [-0.3, -0.25) is 19.3 Å². The lowest BCUT2D eigenvalue weighted by Gasteiger charge is -2.14. The van der Waals surface area contributed by atoms with Crippen molar-refractivity contribution >= 4 is 90.7 Å². The SMILES string of the molecule is COc1cc(/C=C2\SC(=O)N(Cc3ccc(I)cc3)C2=O)cc(Br)c1OCC(=O)Nc1ccccc1Cl. The van der Waals surface area contributed by atoms with Gasteiger partial charge in [0.25, 0.3) is 17.1 Å². The zero-order chi connectivity index (χ0) is 26.5. The fourth-order valence-electron chi connectivity index (χ4n) is 3.41. The molecule has 0 bridgehead atoms. The summed E-state index contributed by atoms with van der Waals surface area (Å²) in [4.78, 5) is 39.3. The van der Waals surface area contributed by atoms with Crippen LogP contribution in [0.3, 0.4) is 0 Å². The second kappa shape index (κ2) is 12.3. The smallest absolute Gasteiger partial charge is 0.293 e. The minimum absolute atomic E-state index is 0.203. The quantitative estimate of drug-likeness (QED) is 0.201. The van der Waals surface area contributed by atoms with Crippen LogP contribution < -0.4 is 14.8 Å². The number of anilines is 1. The summed E-state index contributed by atoms with van der Waals surface area (Å²) in [6.45, 7) is -0.0774. The topological polar surface area (TPSA) is 84.9 Å². The standard InChI is InChI=1S/C26H19BrClIN2O5S/c1-35-21-11-16(10-18(27)24(21)36-14-23(32)30-20-5-3-2-4-19(20)28)12-22-25(33)31(26(34)37-22)13-15-6-8-17(29)9-7-15/h2-12H,13-14H2,1H3,(H,30,32)/b22-12-. The zero-order valence-corrected chi connectivity index (χ0v) is 24.6. The Morgan fingerprint density at radius 1 is 1.16 bits per heavy atom. The number of halogens is 3. The molecule has 190 valence electrons. The molecule has 3 aromatic rings. The van der Waals surface area contributed by atoms with Crippen LogP contribution in [0.25, 0.3) is 6.08 Å². The molecule has 1 fully saturated rings. The van der Waals surface area contributed by atoms with Gasteiger partial charge in [0.2, 0.25) is 0 Å². The number of rotatable bonds is 8. The van der Waals surface area contributed by atoms with Gasteiger partial charge in [-0.2, -0.15) is 0 Å². The molecule has 1 aliphatic heterocycles. The van der Waals surface area contributed by atoms with Crippen molar-refractivity contribution < 1.29 is 23.9 Å². The Morgan fingerprint density at radius 3 is 2.59 bits per heavy atom. The number of amides is 3. The maximum absolute atomic E-state index is 12.9. The number of carbonyl (C=O) groups excluding carboxylic acids is 3. The number of ether oxygens (including phenoxy) is 2. The van der Waals surface area contributed by atoms with Crippen LogP contribution in [-0.4, -0.2) is 35.7 Å². The van der Waals surface area contributed by atoms with Gasteiger partial charge in [-0.25, -0.2) is 0 Å². The molecular formula is C26H19BrClIN2O5S. The van der Waals surface area contributed by atoms with Crippen molar-refractivity contribution in [1.82, 2.24) is 4.90 Å². The Labute approximate surface area is 244 Å². The molecule has 0 radical (unpaired) electrons. The Hall–Kier alpha value is -2.54. The minimum atomic E-state index is -0.395. The highest BCUT2D eigenvalue weighted by molar-refractivity contribution is 14.1. The minimum Gasteiger partial charge on any atom is -0.493 e. The second-order valence-corrected chi connectivity index (χ2v) is 11.2. The third-order valence-electron chi connectivity index (χ3n) is 5.17. The van der Waals surface area contributed by atoms with Crippen molar-refractivity contribution in [2.24, 2.45) is 0 Å². The monoisotopic (exact) mass is 712 g/mol. The molecule has 0 aromatic heterocycles. The lowest BCUT2D eigenvalue weighted by molar-refractivity contribution is -0.123. The Balaban J connectivity index is 1.47. The number of carbonyl (C=O) groups is 3. The average Bonchev–Trinajstić information content (AvgIpc) is 3.13. The number of para-hydroxylation sites is 1. The van der Waals surface area contributed by atoms with Crippen molar-refractivity contribution in [1.29, 1.82) is 0 Å². The number of thioether (sulfide) groups is 1. The molecule has 7 nitrogen and oxygen atoms in total. The van der Waals surface area contributed by atoms with Crippen LogP contribution in [-0.2, 0) is 16.1 Å². The van der Waals surface area contributed by atoms with Crippen LogP contribution in [0.2, 0.25) is 5.02 Å². The van der Waals surface area contributed by atoms with Gasteiger partial charge in [0.1, 0.15) is 0 Å². The molecule has 11 heteroatoms. The highest BCUT2D eigenvalue weighted by atomic mass is 127. The van der Waals surface area contributed by atoms with Crippen LogP contribution in [0.4, 0.5) is 10.5 Å². The first-order valence-corrected chi connectivity index (χ1v) is 13.9. The normalized spacial score (nSPS) is 14.3. The summed E-state index contributed by atoms with van der Waals surface area (Å²) in [5.74, 6) is -0.0850. The first-order valence-electron chi connectivity index (χ1n) is 10.8. The molecule has 0 atom stereocenters. The van der Waals surface area contributed by atoms with Gasteiger partial charge in [0, 0.05) is 3.57 Å². The summed E-state index contributed by atoms with van der Waals surface area (Å²) in [6, 6.07) is 17.9. The van der Waals surface area contributed by atoms with Gasteiger partial charge in [-0.15, -0.1) is 0 Å². The van der Waals surface area contributed by atoms with Crippen LogP contribution in [0.5, 0.6) is 11.5 Å². The number of nitrogens with zero attached hydrogens (tertiary/aromatic N) is 1. The van der Waals surface area contributed by atoms with Gasteiger partial charge in [-0.05, 0) is 104 Å². The van der Waals surface area contributed by atoms with Crippen LogP contribution in [0.15, 0.2) is 70.0 Å². The molecule has 0 saturated carbocycles. The molecule has 0 aliphatic carbocycles. The van der Waals surface area contributed by atoms with Crippen LogP contribution in [0.1, 0.15) is 11.1 Å². The summed E-state index contributed by atoms with van der Waals surface area (Å²) < 4.78 is 12.7. The molecule has 4 rings (SSSR count). The van der Waals surface area contributed by atoms with E-state index in [9.17, 15) is 14.4 Å². The molecule has 0 spiro atoms. The van der Waals surface area contributed by atoms with Crippen molar-refractivity contribution in [3.63, 3.8) is 0 Å². The Bertz CT molecular complexity index is 1400.